The van der Waals surface area contributed by atoms with Crippen LogP contribution in [0.1, 0.15) is 10.4 Å². The summed E-state index contributed by atoms with van der Waals surface area (Å²) < 4.78 is 0. The van der Waals surface area contributed by atoms with Crippen LogP contribution in [0.3, 0.4) is 0 Å². The minimum Gasteiger partial charge on any atom is -0.375 e. The zero-order valence-corrected chi connectivity index (χ0v) is 9.71. The molecule has 0 fully saturated rings. The monoisotopic (exact) mass is 252 g/mol. The maximum Gasteiger partial charge on any atom is 0.257 e. The fourth-order valence-corrected chi connectivity index (χ4v) is 1.08. The fraction of sp³-hybridized carbons (Fsp3) is 0.100. The van der Waals surface area contributed by atoms with Gasteiger partial charge in [-0.05, 0) is 24.4 Å². The van der Waals surface area contributed by atoms with Crippen molar-refractivity contribution in [3.05, 3.63) is 35.9 Å². The average Bonchev–Trinajstić information content (AvgIpc) is 2.34. The minimum atomic E-state index is -0.443. The van der Waals surface area contributed by atoms with Crippen molar-refractivity contribution in [3.8, 4) is 0 Å². The summed E-state index contributed by atoms with van der Waals surface area (Å²) in [6, 6.07) is 8.59. The Morgan fingerprint density at radius 3 is 2.41 bits per heavy atom. The van der Waals surface area contributed by atoms with Crippen LogP contribution in [-0.4, -0.2) is 23.5 Å². The van der Waals surface area contributed by atoms with E-state index < -0.39 is 5.91 Å². The summed E-state index contributed by atoms with van der Waals surface area (Å²) in [7, 11) is 0. The molecule has 0 saturated carbocycles. The van der Waals surface area contributed by atoms with Crippen LogP contribution in [0.25, 0.3) is 0 Å². The summed E-state index contributed by atoms with van der Waals surface area (Å²) in [6.45, 7) is -0.163. The van der Waals surface area contributed by atoms with Crippen LogP contribution in [0.15, 0.2) is 30.3 Å². The third kappa shape index (κ3) is 4.94. The van der Waals surface area contributed by atoms with E-state index >= 15 is 0 Å². The molecular weight excluding hydrogens is 240 g/mol. The van der Waals surface area contributed by atoms with Gasteiger partial charge in [0, 0.05) is 5.56 Å². The van der Waals surface area contributed by atoms with Crippen molar-refractivity contribution in [3.63, 3.8) is 0 Å². The molecule has 6 nitrogen and oxygen atoms in total. The van der Waals surface area contributed by atoms with E-state index in [0.717, 1.165) is 0 Å². The van der Waals surface area contributed by atoms with E-state index in [1.807, 2.05) is 0 Å². The van der Waals surface area contributed by atoms with E-state index in [-0.39, 0.29) is 17.6 Å². The Morgan fingerprint density at radius 1 is 1.18 bits per heavy atom. The van der Waals surface area contributed by atoms with Crippen LogP contribution < -0.4 is 21.9 Å². The molecule has 0 aliphatic heterocycles. The van der Waals surface area contributed by atoms with Gasteiger partial charge in [0.2, 0.25) is 0 Å². The van der Waals surface area contributed by atoms with Crippen LogP contribution in [0.2, 0.25) is 0 Å². The number of carbonyl (C=O) groups is 2. The summed E-state index contributed by atoms with van der Waals surface area (Å²) in [5.41, 5.74) is 10.1. The molecule has 0 heterocycles. The first kappa shape index (κ1) is 12.9. The van der Waals surface area contributed by atoms with Gasteiger partial charge < -0.3 is 11.1 Å². The number of hydrogen-bond acceptors (Lipinski definition) is 3. The van der Waals surface area contributed by atoms with Gasteiger partial charge in [-0.3, -0.25) is 20.4 Å². The van der Waals surface area contributed by atoms with E-state index in [4.69, 9.17) is 5.73 Å². The Balaban J connectivity index is 2.34. The maximum atomic E-state index is 11.5. The predicted octanol–water partition coefficient (Wildman–Crippen LogP) is -0.719. The molecule has 0 atom stereocenters. The second-order valence-electron chi connectivity index (χ2n) is 3.09. The first-order chi connectivity index (χ1) is 8.09. The molecule has 0 radical (unpaired) electrons. The number of nitrogens with two attached hydrogens (primary N) is 1. The van der Waals surface area contributed by atoms with Crippen LogP contribution in [-0.2, 0) is 4.79 Å². The van der Waals surface area contributed by atoms with Crippen molar-refractivity contribution < 1.29 is 9.59 Å². The number of amides is 2. The third-order valence-electron chi connectivity index (χ3n) is 1.77. The molecule has 90 valence electrons. The van der Waals surface area contributed by atoms with Crippen LogP contribution >= 0.6 is 12.2 Å². The summed E-state index contributed by atoms with van der Waals surface area (Å²) >= 11 is 4.49. The van der Waals surface area contributed by atoms with Crippen molar-refractivity contribution in [2.24, 2.45) is 5.73 Å². The normalized spacial score (nSPS) is 9.18. The fourth-order valence-electron chi connectivity index (χ4n) is 1.03. The van der Waals surface area contributed by atoms with Gasteiger partial charge in [-0.15, -0.1) is 0 Å². The SMILES string of the molecule is NC(=S)NNC(=O)CNC(=O)c1ccccc1. The number of thiocarbonyl (C=S) groups is 1. The average molecular weight is 252 g/mol. The predicted molar refractivity (Wildman–Crippen MR) is 66.8 cm³/mol. The molecule has 0 bridgehead atoms. The molecule has 0 aliphatic carbocycles. The summed E-state index contributed by atoms with van der Waals surface area (Å²) in [5, 5.41) is 2.40. The number of carbonyl (C=O) groups excluding carboxylic acids is 2. The zero-order valence-electron chi connectivity index (χ0n) is 8.90. The quantitative estimate of drug-likeness (QED) is 0.420. The van der Waals surface area contributed by atoms with Gasteiger partial charge in [0.15, 0.2) is 5.11 Å². The van der Waals surface area contributed by atoms with Gasteiger partial charge >= 0.3 is 0 Å². The topological polar surface area (TPSA) is 96.2 Å². The number of hydrazine groups is 1. The van der Waals surface area contributed by atoms with Gasteiger partial charge in [-0.25, -0.2) is 0 Å². The number of benzene rings is 1. The third-order valence-corrected chi connectivity index (χ3v) is 1.87. The smallest absolute Gasteiger partial charge is 0.257 e. The van der Waals surface area contributed by atoms with E-state index in [1.165, 1.54) is 0 Å². The molecular formula is C10H12N4O2S. The van der Waals surface area contributed by atoms with Crippen LogP contribution in [0.5, 0.6) is 0 Å². The van der Waals surface area contributed by atoms with Crippen molar-refractivity contribution in [1.29, 1.82) is 0 Å². The zero-order chi connectivity index (χ0) is 12.7. The Bertz CT molecular complexity index is 422. The molecule has 5 N–H and O–H groups in total. The highest BCUT2D eigenvalue weighted by Gasteiger charge is 2.06. The summed E-state index contributed by atoms with van der Waals surface area (Å²) in [5.74, 6) is -0.766. The number of hydrogen-bond donors (Lipinski definition) is 4. The molecule has 2 amide bonds. The number of rotatable bonds is 3. The van der Waals surface area contributed by atoms with Gasteiger partial charge in [0.05, 0.1) is 6.54 Å². The molecule has 7 heteroatoms. The highest BCUT2D eigenvalue weighted by atomic mass is 32.1. The van der Waals surface area contributed by atoms with Gasteiger partial charge in [0.1, 0.15) is 0 Å². The minimum absolute atomic E-state index is 0.0484. The first-order valence-corrected chi connectivity index (χ1v) is 5.18. The Morgan fingerprint density at radius 2 is 1.82 bits per heavy atom. The van der Waals surface area contributed by atoms with Crippen molar-refractivity contribution in [1.82, 2.24) is 16.2 Å². The molecule has 0 aromatic heterocycles. The lowest BCUT2D eigenvalue weighted by molar-refractivity contribution is -0.120. The van der Waals surface area contributed by atoms with E-state index in [0.29, 0.717) is 5.56 Å². The highest BCUT2D eigenvalue weighted by molar-refractivity contribution is 7.80. The highest BCUT2D eigenvalue weighted by Crippen LogP contribution is 1.96. The summed E-state index contributed by atoms with van der Waals surface area (Å²) in [6.07, 6.45) is 0. The molecule has 17 heavy (non-hydrogen) atoms. The second kappa shape index (κ2) is 6.44. The summed E-state index contributed by atoms with van der Waals surface area (Å²) in [4.78, 5) is 22.7. The molecule has 0 saturated heterocycles. The first-order valence-electron chi connectivity index (χ1n) is 4.77. The van der Waals surface area contributed by atoms with Gasteiger partial charge in [-0.2, -0.15) is 0 Å². The molecule has 1 rings (SSSR count). The largest absolute Gasteiger partial charge is 0.375 e. The molecule has 0 unspecified atom stereocenters. The Hall–Kier alpha value is -2.15. The molecule has 0 aliphatic rings. The van der Waals surface area contributed by atoms with Crippen molar-refractivity contribution >= 4 is 29.1 Å². The van der Waals surface area contributed by atoms with Gasteiger partial charge in [0.25, 0.3) is 11.8 Å². The van der Waals surface area contributed by atoms with Crippen molar-refractivity contribution in [2.45, 2.75) is 0 Å². The molecule has 1 aromatic carbocycles. The Kier molecular flexibility index (Phi) is 4.89. The lowest BCUT2D eigenvalue weighted by Gasteiger charge is -2.07. The second-order valence-corrected chi connectivity index (χ2v) is 3.53. The van der Waals surface area contributed by atoms with Gasteiger partial charge in [-0.1, -0.05) is 18.2 Å². The van der Waals surface area contributed by atoms with E-state index in [1.54, 1.807) is 30.3 Å². The molecule has 1 aromatic rings. The van der Waals surface area contributed by atoms with Crippen molar-refractivity contribution in [2.75, 3.05) is 6.54 Å². The Labute approximate surface area is 104 Å². The standard InChI is InChI=1S/C10H12N4O2S/c11-10(17)14-13-8(15)6-12-9(16)7-4-2-1-3-5-7/h1-5H,6H2,(H,12,16)(H,13,15)(H3,11,14,17). The number of nitrogens with one attached hydrogen (secondary N) is 3. The van der Waals surface area contributed by atoms with Crippen LogP contribution in [0, 0.1) is 0 Å². The molecule has 0 spiro atoms. The van der Waals surface area contributed by atoms with E-state index in [2.05, 4.69) is 28.4 Å². The lowest BCUT2D eigenvalue weighted by Crippen LogP contribution is -2.48. The van der Waals surface area contributed by atoms with E-state index in [9.17, 15) is 9.59 Å². The lowest BCUT2D eigenvalue weighted by atomic mass is 10.2. The maximum absolute atomic E-state index is 11.5. The van der Waals surface area contributed by atoms with Crippen LogP contribution in [0.4, 0.5) is 0 Å².